The van der Waals surface area contributed by atoms with E-state index in [1.165, 1.54) is 32.4 Å². The number of carbonyl (C=O) groups excluding carboxylic acids is 1. The van der Waals surface area contributed by atoms with Crippen LogP contribution in [0.3, 0.4) is 0 Å². The lowest BCUT2D eigenvalue weighted by Gasteiger charge is -2.25. The Kier molecular flexibility index (Phi) is 10.1. The first-order chi connectivity index (χ1) is 16.1. The highest BCUT2D eigenvalue weighted by Crippen LogP contribution is 2.40. The van der Waals surface area contributed by atoms with Gasteiger partial charge in [0, 0.05) is 13.3 Å². The molecule has 0 radical (unpaired) electrons. The largest absolute Gasteiger partial charge is 0.549 e. The summed E-state index contributed by atoms with van der Waals surface area (Å²) in [4.78, 5) is 32.5. The average Bonchev–Trinajstić information content (AvgIpc) is 3.14. The Morgan fingerprint density at radius 1 is 1.09 bits per heavy atom. The number of hydrogen-bond acceptors (Lipinski definition) is 8. The summed E-state index contributed by atoms with van der Waals surface area (Å²) >= 11 is 0. The second kappa shape index (κ2) is 12.5. The molecule has 0 aromatic heterocycles. The van der Waals surface area contributed by atoms with Crippen molar-refractivity contribution >= 4 is 17.9 Å². The van der Waals surface area contributed by atoms with Gasteiger partial charge in [-0.25, -0.2) is 0 Å². The summed E-state index contributed by atoms with van der Waals surface area (Å²) in [5.74, 6) is -4.61. The predicted octanol–water partition coefficient (Wildman–Crippen LogP) is -1.08. The van der Waals surface area contributed by atoms with Crippen LogP contribution in [0.2, 0.25) is 0 Å². The van der Waals surface area contributed by atoms with Gasteiger partial charge in [-0.1, -0.05) is 12.1 Å². The van der Waals surface area contributed by atoms with E-state index in [0.717, 1.165) is 31.1 Å². The summed E-state index contributed by atoms with van der Waals surface area (Å²) in [6.07, 6.45) is 3.66. The maximum Gasteiger partial charge on any atom is 0.318 e. The molecule has 1 atom stereocenters. The number of ether oxygens (including phenoxy) is 3. The van der Waals surface area contributed by atoms with Crippen molar-refractivity contribution < 1.29 is 53.9 Å². The number of quaternary nitrogens is 1. The Morgan fingerprint density at radius 3 is 2.12 bits per heavy atom. The normalized spacial score (nSPS) is 18.3. The molecule has 0 bridgehead atoms. The van der Waals surface area contributed by atoms with Gasteiger partial charge < -0.3 is 44.3 Å². The summed E-state index contributed by atoms with van der Waals surface area (Å²) in [5, 5.41) is 35.4. The van der Waals surface area contributed by atoms with E-state index >= 15 is 0 Å². The van der Waals surface area contributed by atoms with Gasteiger partial charge in [-0.2, -0.15) is 0 Å². The number of carboxylic acid groups (broad SMARTS) is 3. The Hall–Kier alpha value is -2.89. The van der Waals surface area contributed by atoms with Crippen molar-refractivity contribution in [1.29, 1.82) is 0 Å². The van der Waals surface area contributed by atoms with E-state index in [0.29, 0.717) is 6.61 Å². The minimum absolute atomic E-state index is 0.582. The fourth-order valence-electron chi connectivity index (χ4n) is 3.77. The lowest BCUT2D eigenvalue weighted by atomic mass is 9.85. The molecule has 0 amide bonds. The SMILES string of the molecule is CC1(CCOCC[NH+]2CCCCC2)Oc2ccccc2O1.O=C(O)CC(CO)(C(=O)[O-])C(=O)O. The number of rotatable bonds is 11. The zero-order chi connectivity index (χ0) is 25.2. The van der Waals surface area contributed by atoms with Crippen molar-refractivity contribution in [3.05, 3.63) is 24.3 Å². The molecule has 0 aliphatic carbocycles. The fraction of sp³-hybridized carbons (Fsp3) is 0.609. The molecule has 1 aromatic rings. The number of aliphatic hydroxyl groups excluding tert-OH is 1. The van der Waals surface area contributed by atoms with Crippen LogP contribution < -0.4 is 19.5 Å². The molecule has 2 aliphatic heterocycles. The third kappa shape index (κ3) is 7.57. The first-order valence-electron chi connectivity index (χ1n) is 11.3. The molecule has 3 rings (SSSR count). The Labute approximate surface area is 197 Å². The van der Waals surface area contributed by atoms with Crippen LogP contribution in [0.5, 0.6) is 11.5 Å². The van der Waals surface area contributed by atoms with Gasteiger partial charge in [0.2, 0.25) is 0 Å². The topological polar surface area (TPSA) is 167 Å². The summed E-state index contributed by atoms with van der Waals surface area (Å²) in [7, 11) is 0. The number of fused-ring (bicyclic) bond motifs is 1. The highest BCUT2D eigenvalue weighted by atomic mass is 16.7. The van der Waals surface area contributed by atoms with Gasteiger partial charge in [0.15, 0.2) is 11.5 Å². The van der Waals surface area contributed by atoms with Gasteiger partial charge in [0.05, 0.1) is 45.3 Å². The van der Waals surface area contributed by atoms with Crippen LogP contribution in [0.15, 0.2) is 24.3 Å². The number of aliphatic hydroxyl groups is 1. The smallest absolute Gasteiger partial charge is 0.318 e. The van der Waals surface area contributed by atoms with E-state index in [4.69, 9.17) is 29.5 Å². The summed E-state index contributed by atoms with van der Waals surface area (Å²) in [6.45, 7) is 5.91. The maximum absolute atomic E-state index is 10.4. The summed E-state index contributed by atoms with van der Waals surface area (Å²) in [6, 6.07) is 7.82. The number of hydrogen-bond donors (Lipinski definition) is 4. The van der Waals surface area contributed by atoms with E-state index in [-0.39, 0.29) is 0 Å². The number of nitrogens with one attached hydrogen (secondary N) is 1. The van der Waals surface area contributed by atoms with Crippen molar-refractivity contribution in [3.8, 4) is 11.5 Å². The van der Waals surface area contributed by atoms with E-state index in [2.05, 4.69) is 0 Å². The Morgan fingerprint density at radius 2 is 1.68 bits per heavy atom. The second-order valence-corrected chi connectivity index (χ2v) is 8.61. The molecule has 11 heteroatoms. The number of piperidine rings is 1. The van der Waals surface area contributed by atoms with Crippen LogP contribution in [0.1, 0.15) is 39.0 Å². The van der Waals surface area contributed by atoms with Crippen molar-refractivity contribution in [1.82, 2.24) is 0 Å². The number of aliphatic carboxylic acids is 3. The van der Waals surface area contributed by atoms with Crippen LogP contribution in [0.4, 0.5) is 0 Å². The molecule has 4 N–H and O–H groups in total. The number of carboxylic acids is 3. The number of likely N-dealkylation sites (tertiary alicyclic amines) is 1. The van der Waals surface area contributed by atoms with Crippen molar-refractivity contribution in [2.75, 3.05) is 39.5 Å². The van der Waals surface area contributed by atoms with Crippen LogP contribution >= 0.6 is 0 Å². The fourth-order valence-corrected chi connectivity index (χ4v) is 3.77. The molecule has 190 valence electrons. The van der Waals surface area contributed by atoms with E-state index in [1.54, 1.807) is 4.90 Å². The quantitative estimate of drug-likeness (QED) is 0.225. The van der Waals surface area contributed by atoms with Crippen LogP contribution in [0, 0.1) is 5.41 Å². The number of carbonyl (C=O) groups is 3. The summed E-state index contributed by atoms with van der Waals surface area (Å²) in [5.41, 5.74) is -2.76. The predicted molar refractivity (Wildman–Crippen MR) is 115 cm³/mol. The third-order valence-electron chi connectivity index (χ3n) is 5.89. The third-order valence-corrected chi connectivity index (χ3v) is 5.89. The average molecular weight is 484 g/mol. The molecule has 1 aromatic carbocycles. The van der Waals surface area contributed by atoms with Crippen LogP contribution in [-0.4, -0.2) is 78.5 Å². The first-order valence-corrected chi connectivity index (χ1v) is 11.3. The Bertz CT molecular complexity index is 798. The van der Waals surface area contributed by atoms with Crippen molar-refractivity contribution in [2.24, 2.45) is 5.41 Å². The molecule has 1 saturated heterocycles. The lowest BCUT2D eigenvalue weighted by Crippen LogP contribution is -3.13. The molecule has 2 heterocycles. The minimum atomic E-state index is -2.76. The molecule has 0 spiro atoms. The van der Waals surface area contributed by atoms with Gasteiger partial charge in [-0.05, 0) is 31.4 Å². The van der Waals surface area contributed by atoms with Crippen molar-refractivity contribution in [3.63, 3.8) is 0 Å². The van der Waals surface area contributed by atoms with E-state index in [9.17, 15) is 19.5 Å². The van der Waals surface area contributed by atoms with Crippen LogP contribution in [0.25, 0.3) is 0 Å². The monoisotopic (exact) mass is 483 g/mol. The second-order valence-electron chi connectivity index (χ2n) is 8.61. The number of para-hydroxylation sites is 2. The van der Waals surface area contributed by atoms with Crippen molar-refractivity contribution in [2.45, 2.75) is 44.8 Å². The molecule has 1 fully saturated rings. The van der Waals surface area contributed by atoms with Gasteiger partial charge in [0.25, 0.3) is 5.79 Å². The number of benzene rings is 1. The minimum Gasteiger partial charge on any atom is -0.549 e. The standard InChI is InChI=1S/C17H25NO3.C6H8O7/c1-17(20-15-7-3-4-8-16(15)21-17)9-13-19-14-12-18-10-5-2-6-11-18;7-2-6(4(10)11,5(12)13)1-3(8)9/h3-4,7-8H,2,5-6,9-14H2,1H3;7H,1-2H2,(H,8,9)(H,10,11)(H,12,13). The van der Waals surface area contributed by atoms with Gasteiger partial charge in [-0.3, -0.25) is 9.59 Å². The first kappa shape index (κ1) is 27.4. The molecule has 34 heavy (non-hydrogen) atoms. The maximum atomic E-state index is 10.4. The van der Waals surface area contributed by atoms with Gasteiger partial charge >= 0.3 is 11.9 Å². The molecule has 0 saturated carbocycles. The molecule has 2 aliphatic rings. The lowest BCUT2D eigenvalue weighted by molar-refractivity contribution is -0.905. The molecule has 1 unspecified atom stereocenters. The molecular weight excluding hydrogens is 450 g/mol. The van der Waals surface area contributed by atoms with E-state index in [1.807, 2.05) is 31.2 Å². The van der Waals surface area contributed by atoms with Gasteiger partial charge in [0.1, 0.15) is 12.0 Å². The molecule has 11 nitrogen and oxygen atoms in total. The highest BCUT2D eigenvalue weighted by molar-refractivity contribution is 6.00. The zero-order valence-corrected chi connectivity index (χ0v) is 19.3. The van der Waals surface area contributed by atoms with E-state index < -0.39 is 42.1 Å². The van der Waals surface area contributed by atoms with Crippen LogP contribution in [-0.2, 0) is 19.1 Å². The van der Waals surface area contributed by atoms with Gasteiger partial charge in [-0.15, -0.1) is 0 Å². The zero-order valence-electron chi connectivity index (χ0n) is 19.3. The molecular formula is C23H33NO10. The summed E-state index contributed by atoms with van der Waals surface area (Å²) < 4.78 is 17.5. The Balaban J connectivity index is 0.000000273. The highest BCUT2D eigenvalue weighted by Gasteiger charge is 2.42.